The fourth-order valence-electron chi connectivity index (χ4n) is 2.47. The van der Waals surface area contributed by atoms with Gasteiger partial charge < -0.3 is 29.4 Å². The summed E-state index contributed by atoms with van der Waals surface area (Å²) in [6, 6.07) is 0.772. The van der Waals surface area contributed by atoms with Crippen molar-refractivity contribution in [2.75, 3.05) is 13.3 Å². The summed E-state index contributed by atoms with van der Waals surface area (Å²) in [5, 5.41) is 9.97. The molecular formula is C10H14F3N2O13P3S. The Morgan fingerprint density at radius 2 is 1.78 bits per heavy atom. The summed E-state index contributed by atoms with van der Waals surface area (Å²) in [6.07, 6.45) is -4.65. The van der Waals surface area contributed by atoms with E-state index in [1.807, 2.05) is 4.98 Å². The van der Waals surface area contributed by atoms with Crippen LogP contribution in [0, 0.1) is 4.77 Å². The van der Waals surface area contributed by atoms with Crippen LogP contribution in [0.5, 0.6) is 0 Å². The second-order valence-electron chi connectivity index (χ2n) is 6.10. The Morgan fingerprint density at radius 3 is 2.28 bits per heavy atom. The number of alkyl halides is 3. The van der Waals surface area contributed by atoms with Crippen molar-refractivity contribution >= 4 is 35.7 Å². The summed E-state index contributed by atoms with van der Waals surface area (Å²) in [5.41, 5.74) is -4.35. The summed E-state index contributed by atoms with van der Waals surface area (Å²) in [6.45, 7) is -4.02. The third-order valence-electron chi connectivity index (χ3n) is 3.73. The van der Waals surface area contributed by atoms with Gasteiger partial charge in [0.1, 0.15) is 13.3 Å². The summed E-state index contributed by atoms with van der Waals surface area (Å²) < 4.78 is 92.5. The van der Waals surface area contributed by atoms with Crippen molar-refractivity contribution in [3.8, 4) is 0 Å². The number of halogens is 3. The van der Waals surface area contributed by atoms with Gasteiger partial charge in [-0.15, -0.1) is 0 Å². The van der Waals surface area contributed by atoms with Crippen molar-refractivity contribution in [2.24, 2.45) is 0 Å². The van der Waals surface area contributed by atoms with Gasteiger partial charge in [0.05, 0.1) is 0 Å². The normalized spacial score (nSPS) is 32.4. The largest absolute Gasteiger partial charge is 0.490 e. The summed E-state index contributed by atoms with van der Waals surface area (Å²) >= 11 is 4.73. The SMILES string of the molecule is O=c1ccn([C@@H]2O[C@](F)(COP(=O)(O)OP(=O)(O)OP(=O)(O)O)[C@H](O)C2(F)CF)c(=S)[nH]1. The van der Waals surface area contributed by atoms with Crippen LogP contribution in [0.25, 0.3) is 0 Å². The molecule has 6 atom stereocenters. The number of H-pyrrole nitrogens is 1. The summed E-state index contributed by atoms with van der Waals surface area (Å²) in [7, 11) is -17.5. The van der Waals surface area contributed by atoms with E-state index in [4.69, 9.17) is 26.9 Å². The van der Waals surface area contributed by atoms with Crippen molar-refractivity contribution < 1.29 is 69.4 Å². The molecule has 0 amide bonds. The van der Waals surface area contributed by atoms with E-state index >= 15 is 8.78 Å². The quantitative estimate of drug-likeness (QED) is 0.181. The minimum atomic E-state index is -5.95. The molecule has 1 aromatic rings. The van der Waals surface area contributed by atoms with Gasteiger partial charge in [-0.25, -0.2) is 26.9 Å². The van der Waals surface area contributed by atoms with E-state index in [9.17, 15) is 32.9 Å². The third-order valence-corrected chi connectivity index (χ3v) is 7.83. The molecule has 0 aromatic carbocycles. The molecule has 2 heterocycles. The maximum atomic E-state index is 15.1. The standard InChI is InChI=1S/C10H14F3N2O13P3S/c11-3-9(12)6(17)10(13,26-7(9)15-2-1-5(16)14-8(15)32)4-25-30(21,22)28-31(23,24)27-29(18,19)20/h1-2,6-7,17H,3-4H2,(H,21,22)(H,23,24)(H,14,16,32)(H2,18,19,20)/t6-,7-,9?,10-/m1/s1. The predicted molar refractivity (Wildman–Crippen MR) is 95.5 cm³/mol. The average Bonchev–Trinajstić information content (AvgIpc) is 2.80. The Labute approximate surface area is 179 Å². The molecule has 2 rings (SSSR count). The lowest BCUT2D eigenvalue weighted by Gasteiger charge is -2.26. The molecule has 184 valence electrons. The fourth-order valence-corrected chi connectivity index (χ4v) is 5.76. The number of hydrogen-bond acceptors (Lipinski definition) is 10. The molecule has 0 saturated carbocycles. The van der Waals surface area contributed by atoms with Gasteiger partial charge in [0.25, 0.3) is 11.4 Å². The van der Waals surface area contributed by atoms with Gasteiger partial charge in [0, 0.05) is 12.3 Å². The first-order valence-electron chi connectivity index (χ1n) is 7.74. The third kappa shape index (κ3) is 6.21. The van der Waals surface area contributed by atoms with Crippen LogP contribution in [0.1, 0.15) is 6.23 Å². The van der Waals surface area contributed by atoms with Crippen molar-refractivity contribution in [3.63, 3.8) is 0 Å². The van der Waals surface area contributed by atoms with E-state index in [1.54, 1.807) is 0 Å². The summed E-state index contributed by atoms with van der Waals surface area (Å²) in [5.74, 6) is -3.80. The number of ether oxygens (including phenoxy) is 1. The number of nitrogens with one attached hydrogen (secondary N) is 1. The Bertz CT molecular complexity index is 1130. The minimum absolute atomic E-state index is 0.520. The van der Waals surface area contributed by atoms with E-state index in [2.05, 4.69) is 17.9 Å². The van der Waals surface area contributed by atoms with Crippen LogP contribution in [0.3, 0.4) is 0 Å². The maximum Gasteiger partial charge on any atom is 0.490 e. The summed E-state index contributed by atoms with van der Waals surface area (Å²) in [4.78, 5) is 48.5. The van der Waals surface area contributed by atoms with Gasteiger partial charge in [0.2, 0.25) is 5.67 Å². The van der Waals surface area contributed by atoms with E-state index in [0.717, 1.165) is 12.3 Å². The Kier molecular flexibility index (Phi) is 7.82. The molecule has 0 bridgehead atoms. The first kappa shape index (κ1) is 27.5. The first-order chi connectivity index (χ1) is 14.3. The monoisotopic (exact) mass is 552 g/mol. The highest BCUT2D eigenvalue weighted by Crippen LogP contribution is 2.66. The highest BCUT2D eigenvalue weighted by molar-refractivity contribution is 7.71. The van der Waals surface area contributed by atoms with E-state index in [0.29, 0.717) is 4.57 Å². The topological polar surface area (TPSA) is 227 Å². The van der Waals surface area contributed by atoms with Crippen LogP contribution in [-0.4, -0.2) is 65.1 Å². The Balaban J connectivity index is 2.27. The fraction of sp³-hybridized carbons (Fsp3) is 0.600. The van der Waals surface area contributed by atoms with Gasteiger partial charge in [-0.1, -0.05) is 0 Å². The average molecular weight is 552 g/mol. The molecule has 1 fully saturated rings. The van der Waals surface area contributed by atoms with Crippen LogP contribution in [0.15, 0.2) is 17.1 Å². The zero-order chi connectivity index (χ0) is 24.8. The molecule has 1 aliphatic heterocycles. The van der Waals surface area contributed by atoms with E-state index < -0.39 is 70.9 Å². The van der Waals surface area contributed by atoms with E-state index in [1.165, 1.54) is 0 Å². The van der Waals surface area contributed by atoms with Crippen LogP contribution >= 0.6 is 35.7 Å². The van der Waals surface area contributed by atoms with Crippen molar-refractivity contribution in [1.29, 1.82) is 0 Å². The second kappa shape index (κ2) is 9.11. The number of nitrogens with zero attached hydrogens (tertiary/aromatic N) is 1. The lowest BCUT2D eigenvalue weighted by atomic mass is 9.96. The molecule has 3 unspecified atom stereocenters. The lowest BCUT2D eigenvalue weighted by Crippen LogP contribution is -2.49. The van der Waals surface area contributed by atoms with Crippen LogP contribution in [-0.2, 0) is 31.6 Å². The molecule has 0 radical (unpaired) electrons. The molecule has 1 aliphatic rings. The molecule has 15 nitrogen and oxygen atoms in total. The molecule has 6 N–H and O–H groups in total. The van der Waals surface area contributed by atoms with Crippen molar-refractivity contribution in [2.45, 2.75) is 23.9 Å². The van der Waals surface area contributed by atoms with Gasteiger partial charge in [0.15, 0.2) is 17.1 Å². The Hall–Kier alpha value is -0.780. The molecule has 1 aromatic heterocycles. The predicted octanol–water partition coefficient (Wildman–Crippen LogP) is 0.482. The number of aliphatic hydroxyl groups excluding tert-OH is 1. The first-order valence-corrected chi connectivity index (χ1v) is 12.7. The van der Waals surface area contributed by atoms with Crippen LogP contribution in [0.2, 0.25) is 0 Å². The number of phosphoric acid groups is 3. The number of rotatable bonds is 9. The second-order valence-corrected chi connectivity index (χ2v) is 10.9. The van der Waals surface area contributed by atoms with Gasteiger partial charge >= 0.3 is 23.5 Å². The molecule has 1 saturated heterocycles. The van der Waals surface area contributed by atoms with Crippen LogP contribution in [0.4, 0.5) is 13.2 Å². The number of aromatic nitrogens is 2. The van der Waals surface area contributed by atoms with E-state index in [-0.39, 0.29) is 0 Å². The van der Waals surface area contributed by atoms with Gasteiger partial charge in [-0.05, 0) is 12.2 Å². The van der Waals surface area contributed by atoms with Crippen LogP contribution < -0.4 is 5.56 Å². The molecule has 0 spiro atoms. The van der Waals surface area contributed by atoms with Gasteiger partial charge in [-0.3, -0.25) is 18.9 Å². The van der Waals surface area contributed by atoms with Crippen molar-refractivity contribution in [1.82, 2.24) is 9.55 Å². The smallest absolute Gasteiger partial charge is 0.383 e. The number of aliphatic hydroxyl groups is 1. The number of phosphoric ester groups is 1. The molecule has 0 aliphatic carbocycles. The molecular weight excluding hydrogens is 538 g/mol. The molecule has 22 heteroatoms. The lowest BCUT2D eigenvalue weighted by molar-refractivity contribution is -0.204. The number of aromatic amines is 1. The molecule has 32 heavy (non-hydrogen) atoms. The minimum Gasteiger partial charge on any atom is -0.383 e. The highest BCUT2D eigenvalue weighted by Gasteiger charge is 2.67. The zero-order valence-corrected chi connectivity index (χ0v) is 18.6. The Morgan fingerprint density at radius 1 is 1.19 bits per heavy atom. The van der Waals surface area contributed by atoms with Crippen molar-refractivity contribution in [3.05, 3.63) is 27.4 Å². The maximum absolute atomic E-state index is 15.1. The number of hydrogen-bond donors (Lipinski definition) is 6. The highest BCUT2D eigenvalue weighted by atomic mass is 32.1. The zero-order valence-electron chi connectivity index (χ0n) is 15.1. The van der Waals surface area contributed by atoms with Gasteiger partial charge in [-0.2, -0.15) is 8.62 Å².